The van der Waals surface area contributed by atoms with E-state index in [-0.39, 0.29) is 12.0 Å². The predicted octanol–water partition coefficient (Wildman–Crippen LogP) is -0.375. The molecular weight excluding hydrogens is 250 g/mol. The molecule has 2 heterocycles. The maximum absolute atomic E-state index is 11.8. The van der Waals surface area contributed by atoms with E-state index in [1.54, 1.807) is 0 Å². The summed E-state index contributed by atoms with van der Waals surface area (Å²) < 4.78 is 0. The molecule has 0 radical (unpaired) electrons. The number of nitrogens with zero attached hydrogens (tertiary/aromatic N) is 3. The van der Waals surface area contributed by atoms with Crippen LogP contribution in [-0.2, 0) is 11.2 Å². The summed E-state index contributed by atoms with van der Waals surface area (Å²) in [5.41, 5.74) is 0.829. The third-order valence-corrected chi connectivity index (χ3v) is 2.41. The van der Waals surface area contributed by atoms with Gasteiger partial charge in [0, 0.05) is 30.7 Å². The van der Waals surface area contributed by atoms with Crippen molar-refractivity contribution in [1.82, 2.24) is 25.3 Å². The van der Waals surface area contributed by atoms with Crippen LogP contribution in [0.5, 0.6) is 0 Å². The molecule has 0 fully saturated rings. The fourth-order valence-corrected chi connectivity index (χ4v) is 1.47. The number of rotatable bonds is 5. The first-order valence-corrected chi connectivity index (χ1v) is 5.42. The molecule has 0 bridgehead atoms. The van der Waals surface area contributed by atoms with Gasteiger partial charge in [-0.15, -0.1) is 0 Å². The highest BCUT2D eigenvalue weighted by Crippen LogP contribution is 2.01. The minimum Gasteiger partial charge on any atom is -0.480 e. The first kappa shape index (κ1) is 12.7. The lowest BCUT2D eigenvalue weighted by Gasteiger charge is -2.13. The van der Waals surface area contributed by atoms with Gasteiger partial charge in [-0.1, -0.05) is 0 Å². The minimum absolute atomic E-state index is 0.120. The molecule has 2 aromatic heterocycles. The second-order valence-electron chi connectivity index (χ2n) is 3.77. The van der Waals surface area contributed by atoms with Crippen LogP contribution in [0.2, 0.25) is 0 Å². The topological polar surface area (TPSA) is 121 Å². The van der Waals surface area contributed by atoms with Crippen LogP contribution >= 0.6 is 0 Å². The molecule has 0 aromatic carbocycles. The number of H-pyrrole nitrogens is 1. The largest absolute Gasteiger partial charge is 0.480 e. The van der Waals surface area contributed by atoms with E-state index in [2.05, 4.69) is 25.3 Å². The number of carboxylic acids is 1. The number of carbonyl (C=O) groups excluding carboxylic acids is 1. The summed E-state index contributed by atoms with van der Waals surface area (Å²) in [5.74, 6) is -1.66. The molecule has 0 aliphatic carbocycles. The molecule has 2 rings (SSSR count). The molecule has 0 unspecified atom stereocenters. The molecule has 8 nitrogen and oxygen atoms in total. The maximum atomic E-state index is 11.8. The summed E-state index contributed by atoms with van der Waals surface area (Å²) in [6.45, 7) is 0. The summed E-state index contributed by atoms with van der Waals surface area (Å²) in [6, 6.07) is -1.05. The molecule has 3 N–H and O–H groups in total. The highest BCUT2D eigenvalue weighted by Gasteiger charge is 2.21. The number of imidazole rings is 1. The second kappa shape index (κ2) is 5.71. The number of hydrogen-bond acceptors (Lipinski definition) is 5. The van der Waals surface area contributed by atoms with Gasteiger partial charge in [0.05, 0.1) is 11.9 Å². The predicted molar refractivity (Wildman–Crippen MR) is 63.2 cm³/mol. The van der Waals surface area contributed by atoms with Gasteiger partial charge in [0.1, 0.15) is 12.4 Å². The van der Waals surface area contributed by atoms with Crippen LogP contribution in [0.4, 0.5) is 0 Å². The van der Waals surface area contributed by atoms with Crippen molar-refractivity contribution in [2.75, 3.05) is 0 Å². The van der Waals surface area contributed by atoms with Crippen molar-refractivity contribution < 1.29 is 14.7 Å². The Bertz CT molecular complexity index is 555. The molecule has 8 heteroatoms. The molecule has 1 amide bonds. The van der Waals surface area contributed by atoms with Crippen LogP contribution in [0.3, 0.4) is 0 Å². The zero-order chi connectivity index (χ0) is 13.7. The molecule has 0 aliphatic heterocycles. The third kappa shape index (κ3) is 3.35. The van der Waals surface area contributed by atoms with Crippen molar-refractivity contribution in [1.29, 1.82) is 0 Å². The molecule has 98 valence electrons. The number of amides is 1. The lowest BCUT2D eigenvalue weighted by Crippen LogP contribution is -2.42. The highest BCUT2D eigenvalue weighted by molar-refractivity contribution is 5.96. The smallest absolute Gasteiger partial charge is 0.326 e. The summed E-state index contributed by atoms with van der Waals surface area (Å²) in [7, 11) is 0. The van der Waals surface area contributed by atoms with Gasteiger partial charge >= 0.3 is 5.97 Å². The second-order valence-corrected chi connectivity index (χ2v) is 3.77. The summed E-state index contributed by atoms with van der Waals surface area (Å²) in [5, 5.41) is 11.5. The van der Waals surface area contributed by atoms with E-state index in [1.165, 1.54) is 31.2 Å². The molecule has 0 saturated carbocycles. The first-order valence-electron chi connectivity index (χ1n) is 5.42. The van der Waals surface area contributed by atoms with E-state index >= 15 is 0 Å². The number of nitrogens with one attached hydrogen (secondary N) is 2. The van der Waals surface area contributed by atoms with Gasteiger partial charge in [-0.05, 0) is 0 Å². The van der Waals surface area contributed by atoms with Crippen LogP contribution in [-0.4, -0.2) is 43.0 Å². The van der Waals surface area contributed by atoms with Crippen LogP contribution < -0.4 is 5.32 Å². The molecular formula is C11H11N5O3. The Labute approximate surface area is 107 Å². The van der Waals surface area contributed by atoms with Crippen molar-refractivity contribution in [3.8, 4) is 0 Å². The molecule has 0 aliphatic rings. The van der Waals surface area contributed by atoms with Gasteiger partial charge in [0.25, 0.3) is 5.91 Å². The van der Waals surface area contributed by atoms with E-state index in [1.807, 2.05) is 0 Å². The fourth-order valence-electron chi connectivity index (χ4n) is 1.47. The highest BCUT2D eigenvalue weighted by atomic mass is 16.4. The Morgan fingerprint density at radius 3 is 2.58 bits per heavy atom. The number of hydrogen-bond donors (Lipinski definition) is 3. The van der Waals surface area contributed by atoms with Crippen LogP contribution in [0, 0.1) is 0 Å². The van der Waals surface area contributed by atoms with E-state index in [9.17, 15) is 9.59 Å². The lowest BCUT2D eigenvalue weighted by molar-refractivity contribution is -0.139. The maximum Gasteiger partial charge on any atom is 0.326 e. The molecule has 0 spiro atoms. The van der Waals surface area contributed by atoms with Gasteiger partial charge in [0.2, 0.25) is 0 Å². The van der Waals surface area contributed by atoms with Crippen molar-refractivity contribution in [2.24, 2.45) is 0 Å². The average Bonchev–Trinajstić information content (AvgIpc) is 2.91. The van der Waals surface area contributed by atoms with Crippen LogP contribution in [0.1, 0.15) is 16.1 Å². The van der Waals surface area contributed by atoms with E-state index < -0.39 is 17.9 Å². The molecule has 2 aromatic rings. The molecule has 1 atom stereocenters. The van der Waals surface area contributed by atoms with Gasteiger partial charge < -0.3 is 15.4 Å². The Morgan fingerprint density at radius 1 is 1.26 bits per heavy atom. The third-order valence-electron chi connectivity index (χ3n) is 2.41. The number of carboxylic acid groups (broad SMARTS) is 1. The van der Waals surface area contributed by atoms with E-state index in [0.29, 0.717) is 5.69 Å². The summed E-state index contributed by atoms with van der Waals surface area (Å²) in [6.07, 6.45) is 6.99. The van der Waals surface area contributed by atoms with Gasteiger partial charge in [0.15, 0.2) is 0 Å². The first-order chi connectivity index (χ1) is 9.16. The number of aromatic amines is 1. The normalized spacial score (nSPS) is 11.8. The quantitative estimate of drug-likeness (QED) is 0.675. The van der Waals surface area contributed by atoms with Gasteiger partial charge in [-0.3, -0.25) is 4.79 Å². The number of aromatic nitrogens is 4. The van der Waals surface area contributed by atoms with Crippen LogP contribution in [0.15, 0.2) is 31.2 Å². The van der Waals surface area contributed by atoms with Gasteiger partial charge in [-0.2, -0.15) is 0 Å². The minimum atomic E-state index is -1.13. The van der Waals surface area contributed by atoms with E-state index in [0.717, 1.165) is 0 Å². The number of carbonyl (C=O) groups is 2. The SMILES string of the molecule is O=C(N[C@@H](Cc1cnc[nH]1)C(=O)O)c1cncnc1. The average molecular weight is 261 g/mol. The lowest BCUT2D eigenvalue weighted by atomic mass is 10.1. The molecule has 19 heavy (non-hydrogen) atoms. The van der Waals surface area contributed by atoms with Crippen LogP contribution in [0.25, 0.3) is 0 Å². The Morgan fingerprint density at radius 2 is 2.00 bits per heavy atom. The zero-order valence-electron chi connectivity index (χ0n) is 9.78. The summed E-state index contributed by atoms with van der Waals surface area (Å²) in [4.78, 5) is 36.9. The van der Waals surface area contributed by atoms with Crippen molar-refractivity contribution in [3.63, 3.8) is 0 Å². The van der Waals surface area contributed by atoms with Crippen molar-refractivity contribution >= 4 is 11.9 Å². The Kier molecular flexibility index (Phi) is 3.81. The zero-order valence-corrected chi connectivity index (χ0v) is 9.78. The number of aliphatic carboxylic acids is 1. The standard InChI is InChI=1S/C11H11N5O3/c17-10(7-2-12-5-13-3-7)16-9(11(18)19)1-8-4-14-6-15-8/h2-6,9H,1H2,(H,14,15)(H,16,17)(H,18,19)/t9-/m0/s1. The fraction of sp³-hybridized carbons (Fsp3) is 0.182. The monoisotopic (exact) mass is 261 g/mol. The Balaban J connectivity index is 2.05. The van der Waals surface area contributed by atoms with Crippen molar-refractivity contribution in [3.05, 3.63) is 42.5 Å². The van der Waals surface area contributed by atoms with Gasteiger partial charge in [-0.25, -0.2) is 19.7 Å². The summed E-state index contributed by atoms with van der Waals surface area (Å²) >= 11 is 0. The molecule has 0 saturated heterocycles. The van der Waals surface area contributed by atoms with E-state index in [4.69, 9.17) is 5.11 Å². The Hall–Kier alpha value is -2.77. The van der Waals surface area contributed by atoms with Crippen molar-refractivity contribution in [2.45, 2.75) is 12.5 Å².